The summed E-state index contributed by atoms with van der Waals surface area (Å²) in [5, 5.41) is 15.3. The van der Waals surface area contributed by atoms with Crippen LogP contribution >= 0.6 is 23.2 Å². The number of hydrogen-bond acceptors (Lipinski definition) is 3. The fourth-order valence-corrected chi connectivity index (χ4v) is 3.98. The lowest BCUT2D eigenvalue weighted by molar-refractivity contribution is -0.136. The molecule has 4 aromatic rings. The van der Waals surface area contributed by atoms with Crippen LogP contribution in [0.15, 0.2) is 72.8 Å². The van der Waals surface area contributed by atoms with E-state index in [9.17, 15) is 4.79 Å². The van der Waals surface area contributed by atoms with Crippen molar-refractivity contribution in [3.05, 3.63) is 88.4 Å². The molecule has 1 heterocycles. The van der Waals surface area contributed by atoms with Gasteiger partial charge in [-0.05, 0) is 66.9 Å². The van der Waals surface area contributed by atoms with Gasteiger partial charge in [0.05, 0.1) is 23.7 Å². The molecule has 0 saturated heterocycles. The van der Waals surface area contributed by atoms with E-state index >= 15 is 0 Å². The van der Waals surface area contributed by atoms with Crippen LogP contribution in [0.5, 0.6) is 5.75 Å². The third-order valence-corrected chi connectivity index (χ3v) is 5.80. The zero-order chi connectivity index (χ0) is 24.1. The molecule has 4 rings (SSSR count). The largest absolute Gasteiger partial charge is 0.493 e. The minimum absolute atomic E-state index is 0.0571. The quantitative estimate of drug-likeness (QED) is 0.264. The highest BCUT2D eigenvalue weighted by atomic mass is 35.5. The van der Waals surface area contributed by atoms with Gasteiger partial charge in [-0.2, -0.15) is 5.10 Å². The molecular formula is C27H24Cl2N2O3. The van der Waals surface area contributed by atoms with Gasteiger partial charge in [-0.1, -0.05) is 54.4 Å². The lowest BCUT2D eigenvalue weighted by Crippen LogP contribution is -2.01. The van der Waals surface area contributed by atoms with Gasteiger partial charge in [-0.15, -0.1) is 0 Å². The van der Waals surface area contributed by atoms with Gasteiger partial charge in [0.15, 0.2) is 0 Å². The number of benzene rings is 3. The summed E-state index contributed by atoms with van der Waals surface area (Å²) >= 11 is 12.4. The minimum atomic E-state index is -0.830. The average molecular weight is 495 g/mol. The van der Waals surface area contributed by atoms with Crippen molar-refractivity contribution in [2.45, 2.75) is 26.2 Å². The highest BCUT2D eigenvalue weighted by Crippen LogP contribution is 2.35. The third kappa shape index (κ3) is 5.61. The number of aliphatic carboxylic acids is 1. The maximum atomic E-state index is 11.1. The molecule has 0 fully saturated rings. The van der Waals surface area contributed by atoms with E-state index in [0.29, 0.717) is 34.5 Å². The normalized spacial score (nSPS) is 10.9. The first-order chi connectivity index (χ1) is 16.4. The number of carbonyl (C=O) groups is 1. The molecule has 0 aliphatic heterocycles. The molecule has 0 unspecified atom stereocenters. The molecule has 0 aliphatic rings. The summed E-state index contributed by atoms with van der Waals surface area (Å²) < 4.78 is 7.86. The maximum Gasteiger partial charge on any atom is 0.303 e. The highest BCUT2D eigenvalue weighted by molar-refractivity contribution is 6.31. The lowest BCUT2D eigenvalue weighted by atomic mass is 10.0. The van der Waals surface area contributed by atoms with Gasteiger partial charge in [-0.25, -0.2) is 4.68 Å². The van der Waals surface area contributed by atoms with Crippen molar-refractivity contribution < 1.29 is 14.6 Å². The van der Waals surface area contributed by atoms with Crippen molar-refractivity contribution in [1.82, 2.24) is 9.78 Å². The van der Waals surface area contributed by atoms with E-state index in [1.54, 1.807) is 0 Å². The zero-order valence-electron chi connectivity index (χ0n) is 18.7. The molecule has 5 nitrogen and oxygen atoms in total. The Morgan fingerprint density at radius 1 is 1.00 bits per heavy atom. The van der Waals surface area contributed by atoms with Gasteiger partial charge in [-0.3, -0.25) is 4.79 Å². The van der Waals surface area contributed by atoms with Crippen molar-refractivity contribution in [3.8, 4) is 34.0 Å². The van der Waals surface area contributed by atoms with E-state index in [2.05, 4.69) is 0 Å². The van der Waals surface area contributed by atoms with Gasteiger partial charge >= 0.3 is 5.97 Å². The van der Waals surface area contributed by atoms with E-state index in [4.69, 9.17) is 38.1 Å². The van der Waals surface area contributed by atoms with E-state index in [1.165, 1.54) is 0 Å². The summed E-state index contributed by atoms with van der Waals surface area (Å²) in [5.74, 6) is -0.123. The van der Waals surface area contributed by atoms with Gasteiger partial charge in [0, 0.05) is 27.6 Å². The predicted molar refractivity (Wildman–Crippen MR) is 136 cm³/mol. The van der Waals surface area contributed by atoms with Gasteiger partial charge < -0.3 is 9.84 Å². The molecule has 0 amide bonds. The van der Waals surface area contributed by atoms with E-state index in [1.807, 2.05) is 84.4 Å². The second kappa shape index (κ2) is 10.8. The molecule has 1 aromatic heterocycles. The van der Waals surface area contributed by atoms with Crippen LogP contribution in [0.4, 0.5) is 0 Å². The van der Waals surface area contributed by atoms with Gasteiger partial charge in [0.2, 0.25) is 0 Å². The van der Waals surface area contributed by atoms with E-state index in [-0.39, 0.29) is 6.42 Å². The molecule has 3 aromatic carbocycles. The molecule has 174 valence electrons. The number of aryl methyl sites for hydroxylation is 1. The van der Waals surface area contributed by atoms with Crippen LogP contribution in [0.1, 0.15) is 25.3 Å². The zero-order valence-corrected chi connectivity index (χ0v) is 20.2. The number of ether oxygens (including phenoxy) is 1. The Hall–Kier alpha value is -3.28. The Morgan fingerprint density at radius 3 is 2.50 bits per heavy atom. The standard InChI is InChI=1S/C27H24Cl2N2O3/c1-2-14-34-26-12-6-18(7-13-27(32)33)15-23(26)24-17-25(19-8-10-20(28)11-9-19)31(30-24)22-5-3-4-21(29)16-22/h3-6,8-12,15-17H,2,7,13-14H2,1H3,(H,32,33). The Bertz CT molecular complexity index is 1300. The first-order valence-corrected chi connectivity index (χ1v) is 11.8. The molecule has 1 N–H and O–H groups in total. The molecule has 0 aliphatic carbocycles. The van der Waals surface area contributed by atoms with Crippen LogP contribution < -0.4 is 4.74 Å². The molecule has 0 radical (unpaired) electrons. The summed E-state index contributed by atoms with van der Waals surface area (Å²) in [4.78, 5) is 11.1. The second-order valence-electron chi connectivity index (χ2n) is 7.89. The number of rotatable bonds is 9. The molecular weight excluding hydrogens is 471 g/mol. The van der Waals surface area contributed by atoms with Crippen molar-refractivity contribution >= 4 is 29.2 Å². The van der Waals surface area contributed by atoms with Crippen molar-refractivity contribution in [2.24, 2.45) is 0 Å². The Morgan fingerprint density at radius 2 is 1.79 bits per heavy atom. The fourth-order valence-electron chi connectivity index (χ4n) is 3.67. The molecule has 34 heavy (non-hydrogen) atoms. The smallest absolute Gasteiger partial charge is 0.303 e. The fraction of sp³-hybridized carbons (Fsp3) is 0.185. The van der Waals surface area contributed by atoms with E-state index < -0.39 is 5.97 Å². The van der Waals surface area contributed by atoms with Crippen LogP contribution in [-0.2, 0) is 11.2 Å². The summed E-state index contributed by atoms with van der Waals surface area (Å²) in [6.45, 7) is 2.62. The topological polar surface area (TPSA) is 64.3 Å². The van der Waals surface area contributed by atoms with Crippen molar-refractivity contribution in [1.29, 1.82) is 0 Å². The molecule has 0 bridgehead atoms. The highest BCUT2D eigenvalue weighted by Gasteiger charge is 2.17. The summed E-state index contributed by atoms with van der Waals surface area (Å²) in [7, 11) is 0. The first-order valence-electron chi connectivity index (χ1n) is 11.0. The Kier molecular flexibility index (Phi) is 7.56. The summed E-state index contributed by atoms with van der Waals surface area (Å²) in [6.07, 6.45) is 1.35. The number of carboxylic acids is 1. The Labute approximate surface area is 208 Å². The van der Waals surface area contributed by atoms with Crippen LogP contribution in [0.2, 0.25) is 10.0 Å². The third-order valence-electron chi connectivity index (χ3n) is 5.31. The SMILES string of the molecule is CCCOc1ccc(CCC(=O)O)cc1-c1cc(-c2ccc(Cl)cc2)n(-c2cccc(Cl)c2)n1. The lowest BCUT2D eigenvalue weighted by Gasteiger charge is -2.11. The van der Waals surface area contributed by atoms with Crippen LogP contribution in [0, 0.1) is 0 Å². The summed E-state index contributed by atoms with van der Waals surface area (Å²) in [5.41, 5.74) is 5.07. The van der Waals surface area contributed by atoms with Crippen LogP contribution in [0.25, 0.3) is 28.2 Å². The van der Waals surface area contributed by atoms with Crippen molar-refractivity contribution in [2.75, 3.05) is 6.61 Å². The van der Waals surface area contributed by atoms with Gasteiger partial charge in [0.1, 0.15) is 5.75 Å². The first kappa shape index (κ1) is 23.9. The van der Waals surface area contributed by atoms with Crippen LogP contribution in [-0.4, -0.2) is 27.5 Å². The Balaban J connectivity index is 1.86. The number of nitrogens with zero attached hydrogens (tertiary/aromatic N) is 2. The predicted octanol–water partition coefficient (Wildman–Crippen LogP) is 7.32. The van der Waals surface area contributed by atoms with Crippen molar-refractivity contribution in [3.63, 3.8) is 0 Å². The minimum Gasteiger partial charge on any atom is -0.493 e. The number of aromatic nitrogens is 2. The molecule has 0 atom stereocenters. The number of carboxylic acid groups (broad SMARTS) is 1. The summed E-state index contributed by atoms with van der Waals surface area (Å²) in [6, 6.07) is 22.8. The monoisotopic (exact) mass is 494 g/mol. The second-order valence-corrected chi connectivity index (χ2v) is 8.76. The molecule has 0 spiro atoms. The maximum absolute atomic E-state index is 11.1. The van der Waals surface area contributed by atoms with E-state index in [0.717, 1.165) is 34.5 Å². The van der Waals surface area contributed by atoms with Crippen LogP contribution in [0.3, 0.4) is 0 Å². The van der Waals surface area contributed by atoms with Gasteiger partial charge in [0.25, 0.3) is 0 Å². The number of hydrogen-bond donors (Lipinski definition) is 1. The average Bonchev–Trinajstić information content (AvgIpc) is 3.27. The molecule has 7 heteroatoms. The molecule has 0 saturated carbocycles. The number of halogens is 2.